The Kier molecular flexibility index (Phi) is 4.33. The lowest BCUT2D eigenvalue weighted by Crippen LogP contribution is -2.05. The van der Waals surface area contributed by atoms with Crippen LogP contribution in [0, 0.1) is 0 Å². The molecule has 0 amide bonds. The fourth-order valence-electron chi connectivity index (χ4n) is 3.01. The first kappa shape index (κ1) is 15.5. The predicted octanol–water partition coefficient (Wildman–Crippen LogP) is 5.79. The summed E-state index contributed by atoms with van der Waals surface area (Å²) in [5.41, 5.74) is 6.19. The molecule has 118 valence electrons. The first-order chi connectivity index (χ1) is 11.1. The molecule has 1 heterocycles. The van der Waals surface area contributed by atoms with Gasteiger partial charge < -0.3 is 4.57 Å². The van der Waals surface area contributed by atoms with Crippen molar-refractivity contribution in [1.82, 2.24) is 9.55 Å². The van der Waals surface area contributed by atoms with Crippen molar-refractivity contribution in [2.45, 2.75) is 39.5 Å². The lowest BCUT2D eigenvalue weighted by molar-refractivity contribution is 0.805. The van der Waals surface area contributed by atoms with Crippen LogP contribution >= 0.6 is 0 Å². The van der Waals surface area contributed by atoms with Crippen LogP contribution in [0.4, 0.5) is 0 Å². The molecule has 2 aromatic carbocycles. The molecule has 0 saturated carbocycles. The van der Waals surface area contributed by atoms with E-state index >= 15 is 0 Å². The number of hydrogen-bond donors (Lipinski definition) is 0. The Hall–Kier alpha value is -2.35. The maximum Gasteiger partial charge on any atom is 0.0999 e. The smallest absolute Gasteiger partial charge is 0.0999 e. The fraction of sp³-hybridized carbons (Fsp3) is 0.286. The lowest BCUT2D eigenvalue weighted by atomic mass is 9.92. The number of hydrogen-bond acceptors (Lipinski definition) is 1. The molecule has 0 unspecified atom stereocenters. The topological polar surface area (TPSA) is 17.8 Å². The molecule has 0 aliphatic rings. The van der Waals surface area contributed by atoms with Gasteiger partial charge in [-0.05, 0) is 23.0 Å². The van der Waals surface area contributed by atoms with E-state index < -0.39 is 0 Å². The molecule has 0 spiro atoms. The maximum atomic E-state index is 4.63. The zero-order valence-electron chi connectivity index (χ0n) is 14.3. The van der Waals surface area contributed by atoms with Gasteiger partial charge in [-0.3, -0.25) is 0 Å². The number of nitrogens with zero attached hydrogens (tertiary/aromatic N) is 2. The average Bonchev–Trinajstić information content (AvgIpc) is 3.04. The van der Waals surface area contributed by atoms with Gasteiger partial charge in [0.15, 0.2) is 0 Å². The highest BCUT2D eigenvalue weighted by atomic mass is 15.0. The second-order valence-electron chi connectivity index (χ2n) is 6.63. The Balaban J connectivity index is 2.14. The third-order valence-corrected chi connectivity index (χ3v) is 4.25. The van der Waals surface area contributed by atoms with Gasteiger partial charge in [-0.15, -0.1) is 0 Å². The van der Waals surface area contributed by atoms with Gasteiger partial charge >= 0.3 is 0 Å². The Bertz CT molecular complexity index is 756. The van der Waals surface area contributed by atoms with Crippen molar-refractivity contribution >= 4 is 0 Å². The van der Waals surface area contributed by atoms with Crippen molar-refractivity contribution in [2.75, 3.05) is 0 Å². The van der Waals surface area contributed by atoms with E-state index in [1.54, 1.807) is 0 Å². The second-order valence-corrected chi connectivity index (χ2v) is 6.63. The van der Waals surface area contributed by atoms with Gasteiger partial charge in [-0.25, -0.2) is 4.98 Å². The molecule has 0 aliphatic carbocycles. The van der Waals surface area contributed by atoms with Crippen LogP contribution in [-0.2, 0) is 0 Å². The molecule has 2 nitrogen and oxygen atoms in total. The number of para-hydroxylation sites is 1. The molecule has 0 fully saturated rings. The zero-order chi connectivity index (χ0) is 16.4. The number of rotatable bonds is 4. The number of benzene rings is 2. The number of imidazole rings is 1. The fourth-order valence-corrected chi connectivity index (χ4v) is 3.01. The van der Waals surface area contributed by atoms with Gasteiger partial charge in [0.1, 0.15) is 0 Å². The summed E-state index contributed by atoms with van der Waals surface area (Å²) in [6.07, 6.45) is 4.08. The van der Waals surface area contributed by atoms with Crippen LogP contribution in [0.1, 0.15) is 50.7 Å². The minimum Gasteiger partial charge on any atom is -0.305 e. The summed E-state index contributed by atoms with van der Waals surface area (Å²) in [4.78, 5) is 4.63. The molecular formula is C21H24N2. The van der Waals surface area contributed by atoms with Crippen molar-refractivity contribution in [3.63, 3.8) is 0 Å². The van der Waals surface area contributed by atoms with Crippen LogP contribution in [0.15, 0.2) is 61.1 Å². The van der Waals surface area contributed by atoms with Gasteiger partial charge in [-0.2, -0.15) is 0 Å². The standard InChI is InChI=1S/C21H24N2/c1-15(2)18-11-8-12-19(16(3)4)21(18)23-13-20(22-14-23)17-9-6-5-7-10-17/h5-16H,1-4H3. The molecule has 0 atom stereocenters. The molecule has 3 rings (SSSR count). The summed E-state index contributed by atoms with van der Waals surface area (Å²) in [7, 11) is 0. The molecular weight excluding hydrogens is 280 g/mol. The van der Waals surface area contributed by atoms with Gasteiger partial charge in [-0.1, -0.05) is 76.2 Å². The van der Waals surface area contributed by atoms with Crippen molar-refractivity contribution in [3.05, 3.63) is 72.2 Å². The van der Waals surface area contributed by atoms with E-state index in [0.29, 0.717) is 11.8 Å². The third kappa shape index (κ3) is 3.07. The van der Waals surface area contributed by atoms with Crippen LogP contribution in [0.5, 0.6) is 0 Å². The molecule has 0 aliphatic heterocycles. The van der Waals surface area contributed by atoms with Crippen molar-refractivity contribution < 1.29 is 0 Å². The minimum absolute atomic E-state index is 0.478. The van der Waals surface area contributed by atoms with Crippen molar-refractivity contribution in [3.8, 4) is 16.9 Å². The van der Waals surface area contributed by atoms with Crippen LogP contribution in [-0.4, -0.2) is 9.55 Å². The van der Waals surface area contributed by atoms with Crippen molar-refractivity contribution in [2.24, 2.45) is 0 Å². The molecule has 2 heteroatoms. The van der Waals surface area contributed by atoms with E-state index in [4.69, 9.17) is 0 Å². The monoisotopic (exact) mass is 304 g/mol. The molecule has 0 radical (unpaired) electrons. The summed E-state index contributed by atoms with van der Waals surface area (Å²) in [6, 6.07) is 17.0. The lowest BCUT2D eigenvalue weighted by Gasteiger charge is -2.20. The molecule has 0 N–H and O–H groups in total. The van der Waals surface area contributed by atoms with Gasteiger partial charge in [0.2, 0.25) is 0 Å². The average molecular weight is 304 g/mol. The Morgan fingerprint density at radius 2 is 1.39 bits per heavy atom. The van der Waals surface area contributed by atoms with E-state index in [1.807, 2.05) is 12.4 Å². The van der Waals surface area contributed by atoms with E-state index in [9.17, 15) is 0 Å². The van der Waals surface area contributed by atoms with Crippen LogP contribution in [0.3, 0.4) is 0 Å². The van der Waals surface area contributed by atoms with Crippen LogP contribution in [0.2, 0.25) is 0 Å². The molecule has 23 heavy (non-hydrogen) atoms. The maximum absolute atomic E-state index is 4.63. The van der Waals surface area contributed by atoms with E-state index in [1.165, 1.54) is 16.8 Å². The molecule has 0 bridgehead atoms. The van der Waals surface area contributed by atoms with Gasteiger partial charge in [0.05, 0.1) is 17.7 Å². The van der Waals surface area contributed by atoms with Gasteiger partial charge in [0.25, 0.3) is 0 Å². The van der Waals surface area contributed by atoms with Crippen LogP contribution in [0.25, 0.3) is 16.9 Å². The largest absolute Gasteiger partial charge is 0.305 e. The number of aromatic nitrogens is 2. The van der Waals surface area contributed by atoms with E-state index in [-0.39, 0.29) is 0 Å². The van der Waals surface area contributed by atoms with Crippen LogP contribution < -0.4 is 0 Å². The Labute approximate surface area is 138 Å². The molecule has 1 aromatic heterocycles. The quantitative estimate of drug-likeness (QED) is 0.597. The van der Waals surface area contributed by atoms with Gasteiger partial charge in [0, 0.05) is 11.8 Å². The summed E-state index contributed by atoms with van der Waals surface area (Å²) in [6.45, 7) is 8.99. The highest BCUT2D eigenvalue weighted by Crippen LogP contribution is 2.31. The summed E-state index contributed by atoms with van der Waals surface area (Å²) in [5, 5.41) is 0. The highest BCUT2D eigenvalue weighted by molar-refractivity contribution is 5.60. The molecule has 0 saturated heterocycles. The Morgan fingerprint density at radius 1 is 0.783 bits per heavy atom. The summed E-state index contributed by atoms with van der Waals surface area (Å²) in [5.74, 6) is 0.956. The zero-order valence-corrected chi connectivity index (χ0v) is 14.3. The SMILES string of the molecule is CC(C)c1cccc(C(C)C)c1-n1cnc(-c2ccccc2)c1. The summed E-state index contributed by atoms with van der Waals surface area (Å²) >= 11 is 0. The molecule has 3 aromatic rings. The predicted molar refractivity (Wildman–Crippen MR) is 97.2 cm³/mol. The summed E-state index contributed by atoms with van der Waals surface area (Å²) < 4.78 is 2.19. The Morgan fingerprint density at radius 3 is 1.96 bits per heavy atom. The highest BCUT2D eigenvalue weighted by Gasteiger charge is 2.16. The first-order valence-corrected chi connectivity index (χ1v) is 8.30. The second kappa shape index (κ2) is 6.41. The first-order valence-electron chi connectivity index (χ1n) is 8.30. The van der Waals surface area contributed by atoms with E-state index in [2.05, 4.69) is 85.9 Å². The third-order valence-electron chi connectivity index (χ3n) is 4.25. The van der Waals surface area contributed by atoms with Crippen molar-refractivity contribution in [1.29, 1.82) is 0 Å². The normalized spacial score (nSPS) is 11.4. The van der Waals surface area contributed by atoms with E-state index in [0.717, 1.165) is 11.3 Å². The minimum atomic E-state index is 0.478.